The Bertz CT molecular complexity index is 280. The van der Waals surface area contributed by atoms with Crippen molar-refractivity contribution in [3.8, 4) is 5.75 Å². The van der Waals surface area contributed by atoms with Gasteiger partial charge in [-0.1, -0.05) is 6.07 Å². The molecular weight excluding hydrogens is 232 g/mol. The van der Waals surface area contributed by atoms with E-state index in [2.05, 4.69) is 20.7 Å². The van der Waals surface area contributed by atoms with Crippen LogP contribution in [0.25, 0.3) is 0 Å². The molecule has 0 spiro atoms. The molecule has 12 heavy (non-hydrogen) atoms. The Morgan fingerprint density at radius 2 is 2.08 bits per heavy atom. The Balaban J connectivity index is 2.92. The van der Waals surface area contributed by atoms with Crippen molar-refractivity contribution < 1.29 is 13.5 Å². The number of rotatable bonds is 2. The van der Waals surface area contributed by atoms with E-state index < -0.39 is 6.61 Å². The normalized spacial score (nSPS) is 10.3. The molecule has 2 nitrogen and oxygen atoms in total. The van der Waals surface area contributed by atoms with Crippen molar-refractivity contribution in [2.45, 2.75) is 6.61 Å². The van der Waals surface area contributed by atoms with Gasteiger partial charge in [-0.05, 0) is 28.1 Å². The smallest absolute Gasteiger partial charge is 0.387 e. The second-order valence-electron chi connectivity index (χ2n) is 2.04. The highest BCUT2D eigenvalue weighted by molar-refractivity contribution is 9.10. The van der Waals surface area contributed by atoms with Gasteiger partial charge >= 0.3 is 6.61 Å². The molecule has 5 heteroatoms. The molecular formula is C7H6BrF2NO. The highest BCUT2D eigenvalue weighted by Gasteiger charge is 2.08. The second kappa shape index (κ2) is 3.71. The summed E-state index contributed by atoms with van der Waals surface area (Å²) in [6.45, 7) is -2.83. The second-order valence-corrected chi connectivity index (χ2v) is 2.83. The zero-order chi connectivity index (χ0) is 9.14. The van der Waals surface area contributed by atoms with Crippen LogP contribution >= 0.6 is 15.9 Å². The van der Waals surface area contributed by atoms with Crippen LogP contribution in [-0.2, 0) is 0 Å². The fourth-order valence-electron chi connectivity index (χ4n) is 0.715. The summed E-state index contributed by atoms with van der Waals surface area (Å²) in [4.78, 5) is 0. The first-order valence-corrected chi connectivity index (χ1v) is 3.89. The highest BCUT2D eigenvalue weighted by Crippen LogP contribution is 2.31. The van der Waals surface area contributed by atoms with Crippen LogP contribution in [0, 0.1) is 0 Å². The lowest BCUT2D eigenvalue weighted by atomic mass is 10.3. The van der Waals surface area contributed by atoms with E-state index in [9.17, 15) is 8.78 Å². The number of benzene rings is 1. The van der Waals surface area contributed by atoms with Gasteiger partial charge in [-0.15, -0.1) is 0 Å². The molecule has 0 aliphatic rings. The Morgan fingerprint density at radius 3 is 2.67 bits per heavy atom. The third kappa shape index (κ3) is 2.07. The molecule has 0 radical (unpaired) electrons. The van der Waals surface area contributed by atoms with Crippen LogP contribution in [0.3, 0.4) is 0 Å². The average Bonchev–Trinajstić information content (AvgIpc) is 1.98. The molecule has 0 saturated carbocycles. The topological polar surface area (TPSA) is 35.2 Å². The molecule has 0 atom stereocenters. The Kier molecular flexibility index (Phi) is 2.86. The van der Waals surface area contributed by atoms with Crippen molar-refractivity contribution in [1.29, 1.82) is 0 Å². The minimum atomic E-state index is -2.83. The van der Waals surface area contributed by atoms with E-state index in [1.165, 1.54) is 12.1 Å². The molecule has 0 bridgehead atoms. The van der Waals surface area contributed by atoms with E-state index in [1.54, 1.807) is 6.07 Å². The van der Waals surface area contributed by atoms with E-state index in [4.69, 9.17) is 5.73 Å². The fourth-order valence-corrected chi connectivity index (χ4v) is 1.07. The minimum absolute atomic E-state index is 0.0463. The van der Waals surface area contributed by atoms with Crippen molar-refractivity contribution in [2.75, 3.05) is 5.73 Å². The molecule has 0 aliphatic heterocycles. The summed E-state index contributed by atoms with van der Waals surface area (Å²) < 4.78 is 28.0. The van der Waals surface area contributed by atoms with Gasteiger partial charge in [-0.3, -0.25) is 0 Å². The summed E-state index contributed by atoms with van der Waals surface area (Å²) in [7, 11) is 0. The summed E-state index contributed by atoms with van der Waals surface area (Å²) in [6, 6.07) is 4.53. The van der Waals surface area contributed by atoms with Crippen LogP contribution < -0.4 is 10.5 Å². The molecule has 0 aromatic heterocycles. The molecule has 1 aromatic carbocycles. The SMILES string of the molecule is Nc1cccc(OC(F)F)c1Br. The van der Waals surface area contributed by atoms with Gasteiger partial charge in [0.15, 0.2) is 0 Å². The molecule has 66 valence electrons. The number of halogens is 3. The molecule has 1 rings (SSSR count). The first-order valence-electron chi connectivity index (χ1n) is 3.10. The van der Waals surface area contributed by atoms with Crippen molar-refractivity contribution in [2.24, 2.45) is 0 Å². The first kappa shape index (κ1) is 9.25. The number of ether oxygens (including phenoxy) is 1. The number of alkyl halides is 2. The third-order valence-corrected chi connectivity index (χ3v) is 2.06. The quantitative estimate of drug-likeness (QED) is 0.803. The van der Waals surface area contributed by atoms with Gasteiger partial charge in [0.2, 0.25) is 0 Å². The van der Waals surface area contributed by atoms with E-state index in [-0.39, 0.29) is 5.75 Å². The Labute approximate surface area is 76.4 Å². The average molecular weight is 238 g/mol. The van der Waals surface area contributed by atoms with Gasteiger partial charge in [0.1, 0.15) is 5.75 Å². The maximum atomic E-state index is 11.7. The van der Waals surface area contributed by atoms with E-state index in [0.717, 1.165) is 0 Å². The van der Waals surface area contributed by atoms with Gasteiger partial charge in [0.05, 0.1) is 4.47 Å². The van der Waals surface area contributed by atoms with Crippen LogP contribution in [0.2, 0.25) is 0 Å². The van der Waals surface area contributed by atoms with Crippen molar-refractivity contribution >= 4 is 21.6 Å². The number of hydrogen-bond donors (Lipinski definition) is 1. The lowest BCUT2D eigenvalue weighted by Gasteiger charge is -2.07. The molecule has 0 heterocycles. The molecule has 2 N–H and O–H groups in total. The standard InChI is InChI=1S/C7H6BrF2NO/c8-6-4(11)2-1-3-5(6)12-7(9)10/h1-3,7H,11H2. The molecule has 0 amide bonds. The lowest BCUT2D eigenvalue weighted by molar-refractivity contribution is -0.0502. The van der Waals surface area contributed by atoms with E-state index in [0.29, 0.717) is 10.2 Å². The highest BCUT2D eigenvalue weighted by atomic mass is 79.9. The van der Waals surface area contributed by atoms with Crippen molar-refractivity contribution in [3.05, 3.63) is 22.7 Å². The summed E-state index contributed by atoms with van der Waals surface area (Å²) in [5.41, 5.74) is 5.79. The van der Waals surface area contributed by atoms with Gasteiger partial charge in [0.25, 0.3) is 0 Å². The Morgan fingerprint density at radius 1 is 1.42 bits per heavy atom. The van der Waals surface area contributed by atoms with Gasteiger partial charge < -0.3 is 10.5 Å². The zero-order valence-corrected chi connectivity index (χ0v) is 7.51. The monoisotopic (exact) mass is 237 g/mol. The summed E-state index contributed by atoms with van der Waals surface area (Å²) >= 11 is 3.03. The van der Waals surface area contributed by atoms with Crippen LogP contribution in [0.5, 0.6) is 5.75 Å². The molecule has 0 fully saturated rings. The van der Waals surface area contributed by atoms with Gasteiger partial charge in [-0.2, -0.15) is 8.78 Å². The van der Waals surface area contributed by atoms with Crippen LogP contribution in [0.1, 0.15) is 0 Å². The predicted molar refractivity (Wildman–Crippen MR) is 45.2 cm³/mol. The summed E-state index contributed by atoms with van der Waals surface area (Å²) in [5.74, 6) is 0.0463. The van der Waals surface area contributed by atoms with Crippen molar-refractivity contribution in [3.63, 3.8) is 0 Å². The van der Waals surface area contributed by atoms with Crippen LogP contribution in [0.4, 0.5) is 14.5 Å². The van der Waals surface area contributed by atoms with Gasteiger partial charge in [-0.25, -0.2) is 0 Å². The van der Waals surface area contributed by atoms with Crippen molar-refractivity contribution in [1.82, 2.24) is 0 Å². The maximum absolute atomic E-state index is 11.7. The molecule has 0 saturated heterocycles. The number of nitrogens with two attached hydrogens (primary N) is 1. The fraction of sp³-hybridized carbons (Fsp3) is 0.143. The molecule has 0 aliphatic carbocycles. The summed E-state index contributed by atoms with van der Waals surface area (Å²) in [5, 5.41) is 0. The number of hydrogen-bond acceptors (Lipinski definition) is 2. The first-order chi connectivity index (χ1) is 5.61. The predicted octanol–water partition coefficient (Wildman–Crippen LogP) is 2.63. The van der Waals surface area contributed by atoms with Crippen LogP contribution in [-0.4, -0.2) is 6.61 Å². The number of anilines is 1. The zero-order valence-electron chi connectivity index (χ0n) is 5.93. The van der Waals surface area contributed by atoms with Gasteiger partial charge in [0, 0.05) is 5.69 Å². The van der Waals surface area contributed by atoms with Crippen LogP contribution in [0.15, 0.2) is 22.7 Å². The number of nitrogen functional groups attached to an aromatic ring is 1. The third-order valence-electron chi connectivity index (χ3n) is 1.21. The lowest BCUT2D eigenvalue weighted by Crippen LogP contribution is -2.03. The van der Waals surface area contributed by atoms with E-state index in [1.807, 2.05) is 0 Å². The largest absolute Gasteiger partial charge is 0.434 e. The minimum Gasteiger partial charge on any atom is -0.434 e. The Hall–Kier alpha value is -0.840. The molecule has 0 unspecified atom stereocenters. The molecule has 1 aromatic rings. The summed E-state index contributed by atoms with van der Waals surface area (Å²) in [6.07, 6.45) is 0. The van der Waals surface area contributed by atoms with E-state index >= 15 is 0 Å². The maximum Gasteiger partial charge on any atom is 0.387 e.